The van der Waals surface area contributed by atoms with Gasteiger partial charge in [0.25, 0.3) is 0 Å². The zero-order chi connectivity index (χ0) is 16.4. The second kappa shape index (κ2) is 6.30. The number of hydrogen-bond acceptors (Lipinski definition) is 2. The summed E-state index contributed by atoms with van der Waals surface area (Å²) in [6.07, 6.45) is 7.55. The van der Waals surface area contributed by atoms with Crippen LogP contribution < -0.4 is 0 Å². The minimum atomic E-state index is 0.730. The van der Waals surface area contributed by atoms with E-state index >= 15 is 0 Å². The molecule has 2 aromatic carbocycles. The third-order valence-corrected chi connectivity index (χ3v) is 4.28. The fraction of sp³-hybridized carbons (Fsp3) is 0. The maximum atomic E-state index is 6.19. The Balaban J connectivity index is 1.70. The predicted octanol–water partition coefficient (Wildman–Crippen LogP) is 5.45. The lowest BCUT2D eigenvalue weighted by atomic mass is 10.0. The quantitative estimate of drug-likeness (QED) is 0.542. The maximum absolute atomic E-state index is 6.19. The summed E-state index contributed by atoms with van der Waals surface area (Å²) in [5.41, 5.74) is 5.14. The summed E-state index contributed by atoms with van der Waals surface area (Å²) < 4.78 is 0. The topological polar surface area (TPSA) is 41.6 Å². The molecule has 24 heavy (non-hydrogen) atoms. The molecule has 0 spiro atoms. The van der Waals surface area contributed by atoms with E-state index in [0.717, 1.165) is 38.3 Å². The zero-order valence-corrected chi connectivity index (χ0v) is 13.5. The van der Waals surface area contributed by atoms with Crippen LogP contribution in [-0.4, -0.2) is 15.2 Å². The van der Waals surface area contributed by atoms with Crippen LogP contribution in [0.3, 0.4) is 0 Å². The molecule has 116 valence electrons. The van der Waals surface area contributed by atoms with Crippen LogP contribution in [0.15, 0.2) is 67.0 Å². The molecular weight excluding hydrogens is 318 g/mol. The molecule has 4 rings (SSSR count). The molecule has 4 heteroatoms. The van der Waals surface area contributed by atoms with E-state index in [1.807, 2.05) is 48.6 Å². The molecule has 0 amide bonds. The monoisotopic (exact) mass is 331 g/mol. The van der Waals surface area contributed by atoms with Gasteiger partial charge in [0, 0.05) is 22.8 Å². The van der Waals surface area contributed by atoms with Gasteiger partial charge in [-0.3, -0.25) is 10.1 Å². The van der Waals surface area contributed by atoms with E-state index in [1.165, 1.54) is 0 Å². The van der Waals surface area contributed by atoms with Crippen LogP contribution in [0.2, 0.25) is 5.02 Å². The Labute approximate surface area is 144 Å². The van der Waals surface area contributed by atoms with E-state index < -0.39 is 0 Å². The fourth-order valence-electron chi connectivity index (χ4n) is 2.67. The van der Waals surface area contributed by atoms with Crippen LogP contribution in [0, 0.1) is 0 Å². The highest BCUT2D eigenvalue weighted by molar-refractivity contribution is 6.32. The first-order valence-corrected chi connectivity index (χ1v) is 8.00. The van der Waals surface area contributed by atoms with Crippen LogP contribution in [0.4, 0.5) is 0 Å². The van der Waals surface area contributed by atoms with Crippen LogP contribution in [0.25, 0.3) is 34.2 Å². The van der Waals surface area contributed by atoms with Crippen molar-refractivity contribution >= 4 is 34.7 Å². The van der Waals surface area contributed by atoms with Crippen molar-refractivity contribution in [3.8, 4) is 11.1 Å². The van der Waals surface area contributed by atoms with Crippen molar-refractivity contribution in [3.63, 3.8) is 0 Å². The minimum absolute atomic E-state index is 0.730. The summed E-state index contributed by atoms with van der Waals surface area (Å²) in [5, 5.41) is 9.32. The van der Waals surface area contributed by atoms with Gasteiger partial charge in [-0.2, -0.15) is 5.10 Å². The molecular formula is C20H14ClN3. The number of fused-ring (bicyclic) bond motifs is 1. The number of aromatic nitrogens is 3. The highest BCUT2D eigenvalue weighted by Gasteiger charge is 2.05. The standard InChI is InChI=1S/C20H14ClN3/c21-18-4-2-1-3-15(18)6-8-19-17-7-5-16(13-20(17)24-23-19)14-9-11-22-12-10-14/h1-13H,(H,23,24)/b8-6+. The number of nitrogens with one attached hydrogen (secondary N) is 1. The summed E-state index contributed by atoms with van der Waals surface area (Å²) in [4.78, 5) is 4.06. The molecule has 1 N–H and O–H groups in total. The average Bonchev–Trinajstić information content (AvgIpc) is 3.04. The smallest absolute Gasteiger partial charge is 0.0927 e. The maximum Gasteiger partial charge on any atom is 0.0927 e. The zero-order valence-electron chi connectivity index (χ0n) is 12.8. The lowest BCUT2D eigenvalue weighted by Crippen LogP contribution is -1.79. The first-order chi connectivity index (χ1) is 11.8. The van der Waals surface area contributed by atoms with Crippen molar-refractivity contribution in [1.82, 2.24) is 15.2 Å². The van der Waals surface area contributed by atoms with Crippen molar-refractivity contribution in [2.75, 3.05) is 0 Å². The molecule has 2 heterocycles. The molecule has 0 fully saturated rings. The Morgan fingerprint density at radius 2 is 1.71 bits per heavy atom. The van der Waals surface area contributed by atoms with E-state index in [1.54, 1.807) is 12.4 Å². The molecule has 0 saturated carbocycles. The number of hydrogen-bond donors (Lipinski definition) is 1. The van der Waals surface area contributed by atoms with Gasteiger partial charge in [0.2, 0.25) is 0 Å². The van der Waals surface area contributed by atoms with Gasteiger partial charge in [0.1, 0.15) is 0 Å². The van der Waals surface area contributed by atoms with Crippen LogP contribution in [-0.2, 0) is 0 Å². The first-order valence-electron chi connectivity index (χ1n) is 7.62. The molecule has 0 aliphatic rings. The molecule has 0 radical (unpaired) electrons. The highest BCUT2D eigenvalue weighted by Crippen LogP contribution is 2.26. The second-order valence-corrected chi connectivity index (χ2v) is 5.87. The second-order valence-electron chi connectivity index (χ2n) is 5.46. The van der Waals surface area contributed by atoms with Gasteiger partial charge in [-0.05, 0) is 53.1 Å². The van der Waals surface area contributed by atoms with Crippen molar-refractivity contribution < 1.29 is 0 Å². The Kier molecular flexibility index (Phi) is 3.85. The van der Waals surface area contributed by atoms with Crippen LogP contribution in [0.1, 0.15) is 11.3 Å². The number of pyridine rings is 1. The predicted molar refractivity (Wildman–Crippen MR) is 99.7 cm³/mol. The number of rotatable bonds is 3. The van der Waals surface area contributed by atoms with E-state index in [-0.39, 0.29) is 0 Å². The molecule has 0 bridgehead atoms. The van der Waals surface area contributed by atoms with Crippen molar-refractivity contribution in [2.45, 2.75) is 0 Å². The third kappa shape index (κ3) is 2.82. The van der Waals surface area contributed by atoms with E-state index in [0.29, 0.717) is 0 Å². The summed E-state index contributed by atoms with van der Waals surface area (Å²) in [7, 11) is 0. The Hall–Kier alpha value is -2.91. The molecule has 0 unspecified atom stereocenters. The van der Waals surface area contributed by atoms with Gasteiger partial charge < -0.3 is 0 Å². The van der Waals surface area contributed by atoms with Crippen LogP contribution in [0.5, 0.6) is 0 Å². The lowest BCUT2D eigenvalue weighted by Gasteiger charge is -2.01. The Morgan fingerprint density at radius 1 is 0.875 bits per heavy atom. The molecule has 0 atom stereocenters. The van der Waals surface area contributed by atoms with Crippen LogP contribution >= 0.6 is 11.6 Å². The van der Waals surface area contributed by atoms with Gasteiger partial charge >= 0.3 is 0 Å². The van der Waals surface area contributed by atoms with E-state index in [4.69, 9.17) is 11.6 Å². The number of nitrogens with zero attached hydrogens (tertiary/aromatic N) is 2. The van der Waals surface area contributed by atoms with Gasteiger partial charge in [0.05, 0.1) is 11.2 Å². The van der Waals surface area contributed by atoms with E-state index in [9.17, 15) is 0 Å². The first kappa shape index (κ1) is 14.7. The van der Waals surface area contributed by atoms with Crippen molar-refractivity contribution in [1.29, 1.82) is 0 Å². The largest absolute Gasteiger partial charge is 0.277 e. The summed E-state index contributed by atoms with van der Waals surface area (Å²) >= 11 is 6.19. The van der Waals surface area contributed by atoms with Gasteiger partial charge in [-0.1, -0.05) is 41.9 Å². The fourth-order valence-corrected chi connectivity index (χ4v) is 2.87. The molecule has 4 aromatic rings. The lowest BCUT2D eigenvalue weighted by molar-refractivity contribution is 1.11. The number of benzene rings is 2. The molecule has 2 aromatic heterocycles. The normalized spacial score (nSPS) is 11.4. The van der Waals surface area contributed by atoms with E-state index in [2.05, 4.69) is 33.4 Å². The summed E-state index contributed by atoms with van der Waals surface area (Å²) in [5.74, 6) is 0. The highest BCUT2D eigenvalue weighted by atomic mass is 35.5. The van der Waals surface area contributed by atoms with Gasteiger partial charge in [0.15, 0.2) is 0 Å². The number of aromatic amines is 1. The Morgan fingerprint density at radius 3 is 2.54 bits per heavy atom. The Bertz CT molecular complexity index is 1020. The molecule has 0 aliphatic heterocycles. The third-order valence-electron chi connectivity index (χ3n) is 3.93. The van der Waals surface area contributed by atoms with Gasteiger partial charge in [-0.15, -0.1) is 0 Å². The van der Waals surface area contributed by atoms with Crippen molar-refractivity contribution in [2.24, 2.45) is 0 Å². The van der Waals surface area contributed by atoms with Crippen molar-refractivity contribution in [3.05, 3.63) is 83.3 Å². The SMILES string of the molecule is Clc1ccccc1/C=C/c1n[nH]c2cc(-c3ccncc3)ccc12. The summed E-state index contributed by atoms with van der Waals surface area (Å²) in [6, 6.07) is 18.0. The van der Waals surface area contributed by atoms with Gasteiger partial charge in [-0.25, -0.2) is 0 Å². The average molecular weight is 332 g/mol. The minimum Gasteiger partial charge on any atom is -0.277 e. The number of halogens is 1. The molecule has 0 aliphatic carbocycles. The molecule has 0 saturated heterocycles. The molecule has 3 nitrogen and oxygen atoms in total. The number of H-pyrrole nitrogens is 1. The summed E-state index contributed by atoms with van der Waals surface area (Å²) in [6.45, 7) is 0.